The molecule has 0 heterocycles. The number of carboxylic acid groups (broad SMARTS) is 1. The summed E-state index contributed by atoms with van der Waals surface area (Å²) in [5.74, 6) is -0.337. The molecule has 18 heavy (non-hydrogen) atoms. The monoisotopic (exact) mass is 268 g/mol. The summed E-state index contributed by atoms with van der Waals surface area (Å²) >= 11 is 6.11. The maximum Gasteiger partial charge on any atom is 0.303 e. The van der Waals surface area contributed by atoms with E-state index in [0.29, 0.717) is 5.92 Å². The lowest BCUT2D eigenvalue weighted by Gasteiger charge is -2.23. The summed E-state index contributed by atoms with van der Waals surface area (Å²) in [5, 5.41) is 9.62. The summed E-state index contributed by atoms with van der Waals surface area (Å²) in [6.07, 6.45) is 0.885. The lowest BCUT2D eigenvalue weighted by atomic mass is 9.82. The highest BCUT2D eigenvalue weighted by molar-refractivity contribution is 6.30. The smallest absolute Gasteiger partial charge is 0.303 e. The van der Waals surface area contributed by atoms with Crippen LogP contribution in [0.3, 0.4) is 0 Å². The van der Waals surface area contributed by atoms with Gasteiger partial charge in [-0.05, 0) is 41.0 Å². The van der Waals surface area contributed by atoms with Crippen molar-refractivity contribution < 1.29 is 9.90 Å². The van der Waals surface area contributed by atoms with Gasteiger partial charge in [0, 0.05) is 5.02 Å². The van der Waals surface area contributed by atoms with Crippen LogP contribution in [0.4, 0.5) is 0 Å². The molecule has 0 aliphatic heterocycles. The van der Waals surface area contributed by atoms with Crippen LogP contribution in [0.15, 0.2) is 18.2 Å². The van der Waals surface area contributed by atoms with Crippen LogP contribution < -0.4 is 0 Å². The molecule has 0 radical (unpaired) electrons. The Balaban J connectivity index is 2.93. The van der Waals surface area contributed by atoms with Crippen LogP contribution in [-0.2, 0) is 11.2 Å². The summed E-state index contributed by atoms with van der Waals surface area (Å²) in [4.78, 5) is 10.8. The molecule has 100 valence electrons. The average Bonchev–Trinajstić information content (AvgIpc) is 2.12. The van der Waals surface area contributed by atoms with Crippen LogP contribution in [0, 0.1) is 5.41 Å². The normalized spacial score (nSPS) is 11.9. The highest BCUT2D eigenvalue weighted by Crippen LogP contribution is 2.29. The zero-order chi connectivity index (χ0) is 13.9. The van der Waals surface area contributed by atoms with E-state index in [-0.39, 0.29) is 11.8 Å². The molecule has 1 aromatic rings. The van der Waals surface area contributed by atoms with E-state index in [2.05, 4.69) is 19.9 Å². The Morgan fingerprint density at radius 1 is 1.33 bits per heavy atom. The molecular weight excluding hydrogens is 248 g/mol. The molecule has 3 heteroatoms. The van der Waals surface area contributed by atoms with Gasteiger partial charge < -0.3 is 5.11 Å². The molecule has 0 amide bonds. The molecule has 0 bridgehead atoms. The van der Waals surface area contributed by atoms with Gasteiger partial charge in [0.15, 0.2) is 0 Å². The molecule has 0 unspecified atom stereocenters. The predicted molar refractivity (Wildman–Crippen MR) is 75.3 cm³/mol. The molecule has 0 spiro atoms. The molecule has 0 fully saturated rings. The zero-order valence-electron chi connectivity index (χ0n) is 11.5. The predicted octanol–water partition coefficient (Wildman–Crippen LogP) is 4.51. The van der Waals surface area contributed by atoms with E-state index in [4.69, 9.17) is 16.7 Å². The number of carboxylic acids is 1. The highest BCUT2D eigenvalue weighted by atomic mass is 35.5. The van der Waals surface area contributed by atoms with E-state index in [1.807, 2.05) is 26.0 Å². The van der Waals surface area contributed by atoms with Gasteiger partial charge in [0.05, 0.1) is 6.42 Å². The van der Waals surface area contributed by atoms with Gasteiger partial charge in [-0.3, -0.25) is 4.79 Å². The number of aliphatic carboxylic acids is 1. The van der Waals surface area contributed by atoms with Crippen LogP contribution >= 0.6 is 11.6 Å². The van der Waals surface area contributed by atoms with E-state index >= 15 is 0 Å². The van der Waals surface area contributed by atoms with Crippen LogP contribution in [0.1, 0.15) is 51.2 Å². The molecule has 0 atom stereocenters. The second kappa shape index (κ2) is 5.75. The topological polar surface area (TPSA) is 37.3 Å². The first-order valence-corrected chi connectivity index (χ1v) is 6.58. The molecule has 0 aliphatic rings. The molecule has 1 rings (SSSR count). The number of carbonyl (C=O) groups is 1. The summed E-state index contributed by atoms with van der Waals surface area (Å²) < 4.78 is 0. The molecule has 2 nitrogen and oxygen atoms in total. The van der Waals surface area contributed by atoms with Gasteiger partial charge in [-0.15, -0.1) is 0 Å². The van der Waals surface area contributed by atoms with Crippen molar-refractivity contribution in [2.24, 2.45) is 5.41 Å². The van der Waals surface area contributed by atoms with Crippen molar-refractivity contribution in [3.05, 3.63) is 34.3 Å². The van der Waals surface area contributed by atoms with Gasteiger partial charge in [-0.1, -0.05) is 45.4 Å². The number of halogens is 1. The van der Waals surface area contributed by atoms with Gasteiger partial charge in [0.2, 0.25) is 0 Å². The lowest BCUT2D eigenvalue weighted by Crippen LogP contribution is -2.19. The van der Waals surface area contributed by atoms with Gasteiger partial charge in [-0.2, -0.15) is 0 Å². The molecule has 0 aromatic heterocycles. The summed E-state index contributed by atoms with van der Waals surface area (Å²) in [5.41, 5.74) is 2.05. The SMILES string of the molecule is CC(C)c1cc(Cl)cc(CC(C)(C)CC(=O)O)c1. The Bertz CT molecular complexity index is 436. The minimum atomic E-state index is -0.758. The Kier molecular flexibility index (Phi) is 4.80. The van der Waals surface area contributed by atoms with Crippen LogP contribution in [-0.4, -0.2) is 11.1 Å². The lowest BCUT2D eigenvalue weighted by molar-refractivity contribution is -0.139. The van der Waals surface area contributed by atoms with E-state index in [1.54, 1.807) is 0 Å². The Hall–Kier alpha value is -1.02. The minimum Gasteiger partial charge on any atom is -0.481 e. The fraction of sp³-hybridized carbons (Fsp3) is 0.533. The molecule has 0 saturated heterocycles. The fourth-order valence-electron chi connectivity index (χ4n) is 2.14. The van der Waals surface area contributed by atoms with Crippen molar-refractivity contribution in [1.29, 1.82) is 0 Å². The Morgan fingerprint density at radius 2 is 1.94 bits per heavy atom. The fourth-order valence-corrected chi connectivity index (χ4v) is 2.40. The Morgan fingerprint density at radius 3 is 2.44 bits per heavy atom. The largest absolute Gasteiger partial charge is 0.481 e. The summed E-state index contributed by atoms with van der Waals surface area (Å²) in [6.45, 7) is 8.18. The average molecular weight is 269 g/mol. The highest BCUT2D eigenvalue weighted by Gasteiger charge is 2.22. The molecule has 1 N–H and O–H groups in total. The first kappa shape index (κ1) is 15.0. The third-order valence-corrected chi connectivity index (χ3v) is 3.18. The van der Waals surface area contributed by atoms with Crippen molar-refractivity contribution in [1.82, 2.24) is 0 Å². The number of benzene rings is 1. The first-order chi connectivity index (χ1) is 8.19. The van der Waals surface area contributed by atoms with Crippen LogP contribution in [0.2, 0.25) is 5.02 Å². The van der Waals surface area contributed by atoms with Gasteiger partial charge in [0.25, 0.3) is 0 Å². The minimum absolute atomic E-state index is 0.163. The number of rotatable bonds is 5. The zero-order valence-corrected chi connectivity index (χ0v) is 12.2. The first-order valence-electron chi connectivity index (χ1n) is 6.21. The second-order valence-electron chi connectivity index (χ2n) is 5.96. The van der Waals surface area contributed by atoms with Crippen molar-refractivity contribution in [3.8, 4) is 0 Å². The van der Waals surface area contributed by atoms with Gasteiger partial charge in [-0.25, -0.2) is 0 Å². The van der Waals surface area contributed by atoms with Crippen molar-refractivity contribution >= 4 is 17.6 Å². The maximum absolute atomic E-state index is 10.8. The van der Waals surface area contributed by atoms with E-state index in [1.165, 1.54) is 5.56 Å². The molecule has 1 aromatic carbocycles. The van der Waals surface area contributed by atoms with Crippen molar-refractivity contribution in [2.45, 2.75) is 46.5 Å². The second-order valence-corrected chi connectivity index (χ2v) is 6.40. The third-order valence-electron chi connectivity index (χ3n) is 2.96. The van der Waals surface area contributed by atoms with Crippen LogP contribution in [0.25, 0.3) is 0 Å². The van der Waals surface area contributed by atoms with Crippen molar-refractivity contribution in [2.75, 3.05) is 0 Å². The summed E-state index contributed by atoms with van der Waals surface area (Å²) in [7, 11) is 0. The third kappa shape index (κ3) is 4.69. The number of hydrogen-bond acceptors (Lipinski definition) is 1. The quantitative estimate of drug-likeness (QED) is 0.853. The maximum atomic E-state index is 10.8. The molecule has 0 aliphatic carbocycles. The molecule has 0 saturated carbocycles. The molecular formula is C15H21ClO2. The standard InChI is InChI=1S/C15H21ClO2/c1-10(2)12-5-11(6-13(16)7-12)8-15(3,4)9-14(17)18/h5-7,10H,8-9H2,1-4H3,(H,17,18). The summed E-state index contributed by atoms with van der Waals surface area (Å²) in [6, 6.07) is 6.02. The van der Waals surface area contributed by atoms with Gasteiger partial charge in [0.1, 0.15) is 0 Å². The van der Waals surface area contributed by atoms with E-state index in [9.17, 15) is 4.79 Å². The van der Waals surface area contributed by atoms with Crippen LogP contribution in [0.5, 0.6) is 0 Å². The van der Waals surface area contributed by atoms with Crippen molar-refractivity contribution in [3.63, 3.8) is 0 Å². The van der Waals surface area contributed by atoms with E-state index in [0.717, 1.165) is 17.0 Å². The van der Waals surface area contributed by atoms with E-state index < -0.39 is 5.97 Å². The number of hydrogen-bond donors (Lipinski definition) is 1. The van der Waals surface area contributed by atoms with Gasteiger partial charge >= 0.3 is 5.97 Å². The Labute approximate surface area is 114 Å².